The van der Waals surface area contributed by atoms with Crippen molar-refractivity contribution in [3.05, 3.63) is 65.7 Å². The number of benzene rings is 1. The first kappa shape index (κ1) is 20.4. The molecule has 0 atom stereocenters. The average molecular weight is 408 g/mol. The van der Waals surface area contributed by atoms with E-state index < -0.39 is 0 Å². The largest absolute Gasteiger partial charge is 0.465 e. The quantitative estimate of drug-likeness (QED) is 0.770. The molecule has 2 aliphatic rings. The molecule has 1 N–H and O–H groups in total. The third-order valence-electron chi connectivity index (χ3n) is 6.00. The van der Waals surface area contributed by atoms with E-state index in [0.29, 0.717) is 30.5 Å². The summed E-state index contributed by atoms with van der Waals surface area (Å²) in [6, 6.07) is 13.0. The van der Waals surface area contributed by atoms with Gasteiger partial charge in [0, 0.05) is 30.8 Å². The molecule has 30 heavy (non-hydrogen) atoms. The summed E-state index contributed by atoms with van der Waals surface area (Å²) in [4.78, 5) is 30.4. The summed E-state index contributed by atoms with van der Waals surface area (Å²) >= 11 is 0. The molecule has 2 aliphatic heterocycles. The minimum absolute atomic E-state index is 0.159. The fraction of sp³-hybridized carbons (Fsp3) is 0.417. The van der Waals surface area contributed by atoms with E-state index in [0.717, 1.165) is 12.8 Å². The van der Waals surface area contributed by atoms with Crippen LogP contribution in [0.5, 0.6) is 0 Å². The summed E-state index contributed by atoms with van der Waals surface area (Å²) in [5.41, 5.74) is 0.759. The number of nitrogens with zero attached hydrogens (tertiary/aromatic N) is 2. The lowest BCUT2D eigenvalue weighted by Crippen LogP contribution is -2.49. The van der Waals surface area contributed by atoms with Crippen LogP contribution in [0.1, 0.15) is 48.2 Å². The lowest BCUT2D eigenvalue weighted by Gasteiger charge is -2.40. The maximum atomic E-state index is 13.3. The van der Waals surface area contributed by atoms with Gasteiger partial charge in [0.2, 0.25) is 0 Å². The number of nitrogens with one attached hydrogen (secondary N) is 1. The van der Waals surface area contributed by atoms with Crippen molar-refractivity contribution >= 4 is 17.9 Å². The first-order chi connectivity index (χ1) is 14.7. The minimum Gasteiger partial charge on any atom is -0.465 e. The molecule has 158 valence electrons. The zero-order valence-corrected chi connectivity index (χ0v) is 17.3. The number of carbonyl (C=O) groups excluding carboxylic acids is 2. The maximum absolute atomic E-state index is 13.3. The first-order valence-corrected chi connectivity index (χ1v) is 10.9. The lowest BCUT2D eigenvalue weighted by molar-refractivity contribution is -0.129. The van der Waals surface area contributed by atoms with Gasteiger partial charge in [0.25, 0.3) is 11.8 Å². The number of piperidine rings is 2. The molecule has 6 nitrogen and oxygen atoms in total. The van der Waals surface area contributed by atoms with E-state index in [-0.39, 0.29) is 17.5 Å². The Morgan fingerprint density at radius 1 is 0.933 bits per heavy atom. The van der Waals surface area contributed by atoms with Crippen LogP contribution in [0.25, 0.3) is 6.08 Å². The highest BCUT2D eigenvalue weighted by molar-refractivity contribution is 6.05. The normalized spacial score (nSPS) is 18.9. The standard InChI is InChI=1S/C24H29N3O3/c28-23(19-8-3-1-4-9-19)25-22(18-21-10-7-17-30-21)24(29)27-15-11-20(12-16-27)26-13-5-2-6-14-26/h1,3-4,7-10,17-18,20H,2,5-6,11-16H2,(H,25,28)/b22-18-. The molecule has 0 radical (unpaired) electrons. The summed E-state index contributed by atoms with van der Waals surface area (Å²) < 4.78 is 5.38. The molecular weight excluding hydrogens is 378 g/mol. The number of amides is 2. The average Bonchev–Trinajstić information content (AvgIpc) is 3.32. The van der Waals surface area contributed by atoms with Crippen LogP contribution < -0.4 is 5.32 Å². The lowest BCUT2D eigenvalue weighted by atomic mass is 9.99. The van der Waals surface area contributed by atoms with Crippen molar-refractivity contribution < 1.29 is 14.0 Å². The molecule has 4 rings (SSSR count). The van der Waals surface area contributed by atoms with Crippen molar-refractivity contribution in [3.63, 3.8) is 0 Å². The second-order valence-corrected chi connectivity index (χ2v) is 8.01. The van der Waals surface area contributed by atoms with Gasteiger partial charge >= 0.3 is 0 Å². The van der Waals surface area contributed by atoms with Crippen molar-refractivity contribution in [2.24, 2.45) is 0 Å². The van der Waals surface area contributed by atoms with Crippen LogP contribution in [-0.2, 0) is 4.79 Å². The molecular formula is C24H29N3O3. The number of rotatable bonds is 5. The summed E-state index contributed by atoms with van der Waals surface area (Å²) in [6.07, 6.45) is 9.01. The topological polar surface area (TPSA) is 65.8 Å². The summed E-state index contributed by atoms with van der Waals surface area (Å²) in [5, 5.41) is 2.80. The zero-order chi connectivity index (χ0) is 20.8. The Bertz CT molecular complexity index is 862. The fourth-order valence-corrected chi connectivity index (χ4v) is 4.34. The van der Waals surface area contributed by atoms with Gasteiger partial charge in [-0.3, -0.25) is 9.59 Å². The monoisotopic (exact) mass is 407 g/mol. The van der Waals surface area contributed by atoms with Crippen LogP contribution in [0.4, 0.5) is 0 Å². The Morgan fingerprint density at radius 3 is 2.33 bits per heavy atom. The van der Waals surface area contributed by atoms with Gasteiger partial charge in [-0.2, -0.15) is 0 Å². The highest BCUT2D eigenvalue weighted by Gasteiger charge is 2.29. The fourth-order valence-electron chi connectivity index (χ4n) is 4.34. The van der Waals surface area contributed by atoms with Gasteiger partial charge < -0.3 is 19.5 Å². The number of hydrogen-bond acceptors (Lipinski definition) is 4. The van der Waals surface area contributed by atoms with Gasteiger partial charge in [0.05, 0.1) is 6.26 Å². The number of hydrogen-bond donors (Lipinski definition) is 1. The van der Waals surface area contributed by atoms with Crippen LogP contribution in [-0.4, -0.2) is 53.8 Å². The third kappa shape index (κ3) is 5.00. The van der Waals surface area contributed by atoms with Crippen LogP contribution >= 0.6 is 0 Å². The maximum Gasteiger partial charge on any atom is 0.270 e. The molecule has 0 bridgehead atoms. The molecule has 3 heterocycles. The second kappa shape index (κ2) is 9.76. The van der Waals surface area contributed by atoms with E-state index in [2.05, 4.69) is 10.2 Å². The molecule has 1 aromatic heterocycles. The predicted octanol–water partition coefficient (Wildman–Crippen LogP) is 3.53. The molecule has 2 fully saturated rings. The van der Waals surface area contributed by atoms with E-state index in [4.69, 9.17) is 4.42 Å². The van der Waals surface area contributed by atoms with Crippen molar-refractivity contribution in [3.8, 4) is 0 Å². The van der Waals surface area contributed by atoms with Gasteiger partial charge in [-0.15, -0.1) is 0 Å². The van der Waals surface area contributed by atoms with Gasteiger partial charge in [-0.05, 0) is 63.0 Å². The predicted molar refractivity (Wildman–Crippen MR) is 116 cm³/mol. The van der Waals surface area contributed by atoms with E-state index in [1.165, 1.54) is 32.4 Å². The van der Waals surface area contributed by atoms with Crippen LogP contribution in [0.2, 0.25) is 0 Å². The number of carbonyl (C=O) groups is 2. The van der Waals surface area contributed by atoms with Crippen LogP contribution in [0.3, 0.4) is 0 Å². The Hall–Kier alpha value is -2.86. The van der Waals surface area contributed by atoms with Gasteiger partial charge in [-0.25, -0.2) is 0 Å². The van der Waals surface area contributed by atoms with E-state index in [9.17, 15) is 9.59 Å². The zero-order valence-electron chi connectivity index (χ0n) is 17.3. The van der Waals surface area contributed by atoms with Crippen LogP contribution in [0.15, 0.2) is 58.8 Å². The molecule has 0 aliphatic carbocycles. The summed E-state index contributed by atoms with van der Waals surface area (Å²) in [6.45, 7) is 3.76. The van der Waals surface area contributed by atoms with Crippen LogP contribution in [0, 0.1) is 0 Å². The highest BCUT2D eigenvalue weighted by atomic mass is 16.3. The van der Waals surface area contributed by atoms with Gasteiger partial charge in [0.1, 0.15) is 11.5 Å². The Kier molecular flexibility index (Phi) is 6.64. The van der Waals surface area contributed by atoms with E-state index in [1.54, 1.807) is 48.7 Å². The highest BCUT2D eigenvalue weighted by Crippen LogP contribution is 2.22. The van der Waals surface area contributed by atoms with Gasteiger partial charge in [-0.1, -0.05) is 24.6 Å². The molecule has 6 heteroatoms. The molecule has 0 spiro atoms. The van der Waals surface area contributed by atoms with Crippen molar-refractivity contribution in [1.29, 1.82) is 0 Å². The van der Waals surface area contributed by atoms with E-state index >= 15 is 0 Å². The van der Waals surface area contributed by atoms with Gasteiger partial charge in [0.15, 0.2) is 0 Å². The number of likely N-dealkylation sites (tertiary alicyclic amines) is 2. The minimum atomic E-state index is -0.301. The van der Waals surface area contributed by atoms with Crippen molar-refractivity contribution in [1.82, 2.24) is 15.1 Å². The molecule has 0 unspecified atom stereocenters. The Morgan fingerprint density at radius 2 is 1.67 bits per heavy atom. The van der Waals surface area contributed by atoms with E-state index in [1.807, 2.05) is 11.0 Å². The van der Waals surface area contributed by atoms with Crippen molar-refractivity contribution in [2.75, 3.05) is 26.2 Å². The molecule has 2 amide bonds. The first-order valence-electron chi connectivity index (χ1n) is 10.9. The molecule has 2 saturated heterocycles. The third-order valence-corrected chi connectivity index (χ3v) is 6.00. The summed E-state index contributed by atoms with van der Waals surface area (Å²) in [7, 11) is 0. The molecule has 0 saturated carbocycles. The number of furan rings is 1. The Balaban J connectivity index is 1.44. The SMILES string of the molecule is O=C(N/C(=C\c1ccco1)C(=O)N1CCC(N2CCCCC2)CC1)c1ccccc1. The summed E-state index contributed by atoms with van der Waals surface area (Å²) in [5.74, 6) is 0.0765. The second-order valence-electron chi connectivity index (χ2n) is 8.01. The molecule has 2 aromatic rings. The Labute approximate surface area is 177 Å². The van der Waals surface area contributed by atoms with Crippen molar-refractivity contribution in [2.45, 2.75) is 38.1 Å². The molecule has 1 aromatic carbocycles. The smallest absolute Gasteiger partial charge is 0.270 e.